The van der Waals surface area contributed by atoms with Crippen LogP contribution in [0.3, 0.4) is 0 Å². The first-order chi connectivity index (χ1) is 8.88. The third-order valence-corrected chi connectivity index (χ3v) is 4.41. The average molecular weight is 334 g/mol. The van der Waals surface area contributed by atoms with Crippen molar-refractivity contribution in [3.8, 4) is 0 Å². The van der Waals surface area contributed by atoms with Crippen molar-refractivity contribution in [1.82, 2.24) is 0 Å². The molecule has 0 radical (unpaired) electrons. The number of benzene rings is 2. The second-order valence-corrected chi connectivity index (χ2v) is 6.22. The minimum absolute atomic E-state index is 0.117. The smallest absolute Gasteiger partial charge is 0.0452 e. The summed E-state index contributed by atoms with van der Waals surface area (Å²) in [5, 5.41) is 2.59. The normalized spacial score (nSPS) is 12.5. The van der Waals surface area contributed by atoms with Crippen molar-refractivity contribution >= 4 is 46.4 Å². The van der Waals surface area contributed by atoms with Crippen molar-refractivity contribution < 1.29 is 0 Å². The Labute approximate surface area is 133 Å². The summed E-state index contributed by atoms with van der Waals surface area (Å²) in [6.07, 6.45) is 0. The summed E-state index contributed by atoms with van der Waals surface area (Å²) >= 11 is 24.4. The summed E-state index contributed by atoms with van der Waals surface area (Å²) in [5.41, 5.74) is 2.97. The second-order valence-electron chi connectivity index (χ2n) is 4.53. The molecule has 1 unspecified atom stereocenters. The lowest BCUT2D eigenvalue weighted by atomic mass is 9.92. The first kappa shape index (κ1) is 15.0. The number of hydrogen-bond acceptors (Lipinski definition) is 0. The lowest BCUT2D eigenvalue weighted by Crippen LogP contribution is -1.97. The van der Waals surface area contributed by atoms with Gasteiger partial charge in [-0.2, -0.15) is 0 Å². The topological polar surface area (TPSA) is 0 Å². The molecule has 1 atom stereocenters. The summed E-state index contributed by atoms with van der Waals surface area (Å²) in [6.45, 7) is 3.97. The molecule has 0 fully saturated rings. The highest BCUT2D eigenvalue weighted by Crippen LogP contribution is 2.34. The van der Waals surface area contributed by atoms with E-state index in [0.717, 1.165) is 16.7 Å². The van der Waals surface area contributed by atoms with E-state index in [1.807, 2.05) is 31.2 Å². The van der Waals surface area contributed by atoms with Crippen molar-refractivity contribution in [3.63, 3.8) is 0 Å². The van der Waals surface area contributed by atoms with Gasteiger partial charge in [0.25, 0.3) is 0 Å². The van der Waals surface area contributed by atoms with Gasteiger partial charge in [-0.05, 0) is 53.9 Å². The Bertz CT molecular complexity index is 576. The zero-order valence-electron chi connectivity index (χ0n) is 10.5. The molecule has 0 aliphatic heterocycles. The molecule has 0 N–H and O–H groups in total. The van der Waals surface area contributed by atoms with Crippen LogP contribution in [0.1, 0.15) is 29.5 Å². The molecule has 0 amide bonds. The lowest BCUT2D eigenvalue weighted by Gasteiger charge is -2.15. The van der Waals surface area contributed by atoms with Crippen LogP contribution in [0, 0.1) is 6.92 Å². The summed E-state index contributed by atoms with van der Waals surface area (Å²) in [5.74, 6) is 0.117. The Morgan fingerprint density at radius 1 is 0.737 bits per heavy atom. The van der Waals surface area contributed by atoms with Crippen molar-refractivity contribution in [3.05, 3.63) is 67.1 Å². The van der Waals surface area contributed by atoms with E-state index >= 15 is 0 Å². The fourth-order valence-corrected chi connectivity index (χ4v) is 2.98. The maximum Gasteiger partial charge on any atom is 0.0452 e. The maximum atomic E-state index is 6.18. The maximum absolute atomic E-state index is 6.18. The van der Waals surface area contributed by atoms with E-state index in [-0.39, 0.29) is 5.92 Å². The molecular formula is C15H12Cl4. The fraction of sp³-hybridized carbons (Fsp3) is 0.200. The van der Waals surface area contributed by atoms with E-state index < -0.39 is 0 Å². The van der Waals surface area contributed by atoms with E-state index in [1.54, 1.807) is 6.07 Å². The number of rotatable bonds is 2. The molecule has 0 nitrogen and oxygen atoms in total. The van der Waals surface area contributed by atoms with Crippen LogP contribution >= 0.6 is 46.4 Å². The quantitative estimate of drug-likeness (QED) is 0.569. The molecular weight excluding hydrogens is 322 g/mol. The van der Waals surface area contributed by atoms with Gasteiger partial charge in [0.2, 0.25) is 0 Å². The minimum atomic E-state index is 0.117. The fourth-order valence-electron chi connectivity index (χ4n) is 1.93. The Morgan fingerprint density at radius 3 is 1.63 bits per heavy atom. The van der Waals surface area contributed by atoms with Gasteiger partial charge < -0.3 is 0 Å². The van der Waals surface area contributed by atoms with Crippen LogP contribution < -0.4 is 0 Å². The van der Waals surface area contributed by atoms with Gasteiger partial charge in [-0.15, -0.1) is 0 Å². The van der Waals surface area contributed by atoms with E-state index in [9.17, 15) is 0 Å². The van der Waals surface area contributed by atoms with E-state index in [4.69, 9.17) is 46.4 Å². The van der Waals surface area contributed by atoms with Crippen molar-refractivity contribution in [2.45, 2.75) is 19.8 Å². The summed E-state index contributed by atoms with van der Waals surface area (Å²) in [4.78, 5) is 0. The van der Waals surface area contributed by atoms with Gasteiger partial charge in [0.15, 0.2) is 0 Å². The Morgan fingerprint density at radius 2 is 1.16 bits per heavy atom. The van der Waals surface area contributed by atoms with Crippen LogP contribution in [0.4, 0.5) is 0 Å². The first-order valence-electron chi connectivity index (χ1n) is 5.80. The van der Waals surface area contributed by atoms with Crippen LogP contribution in [0.2, 0.25) is 20.1 Å². The van der Waals surface area contributed by atoms with Crippen LogP contribution in [0.15, 0.2) is 30.3 Å². The van der Waals surface area contributed by atoms with E-state index in [2.05, 4.69) is 6.92 Å². The zero-order valence-corrected chi connectivity index (χ0v) is 13.5. The molecule has 0 aliphatic carbocycles. The molecule has 0 spiro atoms. The van der Waals surface area contributed by atoms with Crippen LogP contribution in [0.25, 0.3) is 0 Å². The zero-order chi connectivity index (χ0) is 14.2. The summed E-state index contributed by atoms with van der Waals surface area (Å²) in [6, 6.07) is 9.39. The lowest BCUT2D eigenvalue weighted by molar-refractivity contribution is 0.921. The molecule has 2 aromatic rings. The molecule has 0 heterocycles. The number of halogens is 4. The molecule has 100 valence electrons. The minimum Gasteiger partial charge on any atom is -0.0843 e. The van der Waals surface area contributed by atoms with E-state index in [1.165, 1.54) is 0 Å². The standard InChI is InChI=1S/C15H12Cl4/c1-8(10-3-12(16)7-13(17)4-10)11-5-14(18)9(2)15(19)6-11/h3-8H,1-2H3. The highest BCUT2D eigenvalue weighted by Gasteiger charge is 2.13. The Kier molecular flexibility index (Phi) is 4.68. The van der Waals surface area contributed by atoms with Gasteiger partial charge >= 0.3 is 0 Å². The van der Waals surface area contributed by atoms with Gasteiger partial charge in [0.1, 0.15) is 0 Å². The molecule has 0 saturated carbocycles. The van der Waals surface area contributed by atoms with Gasteiger partial charge in [0, 0.05) is 26.0 Å². The third-order valence-electron chi connectivity index (χ3n) is 3.19. The van der Waals surface area contributed by atoms with Gasteiger partial charge in [-0.25, -0.2) is 0 Å². The Hall–Kier alpha value is -0.400. The predicted octanol–water partition coefficient (Wildman–Crippen LogP) is 6.76. The largest absolute Gasteiger partial charge is 0.0843 e. The van der Waals surface area contributed by atoms with Crippen molar-refractivity contribution in [2.75, 3.05) is 0 Å². The SMILES string of the molecule is Cc1c(Cl)cc(C(C)c2cc(Cl)cc(Cl)c2)cc1Cl. The predicted molar refractivity (Wildman–Crippen MR) is 85.2 cm³/mol. The molecule has 0 aliphatic rings. The molecule has 0 aromatic heterocycles. The summed E-state index contributed by atoms with van der Waals surface area (Å²) < 4.78 is 0. The highest BCUT2D eigenvalue weighted by molar-refractivity contribution is 6.36. The molecule has 2 rings (SSSR count). The second kappa shape index (κ2) is 5.93. The highest BCUT2D eigenvalue weighted by atomic mass is 35.5. The Balaban J connectivity index is 2.46. The van der Waals surface area contributed by atoms with Crippen molar-refractivity contribution in [2.24, 2.45) is 0 Å². The van der Waals surface area contributed by atoms with Crippen LogP contribution in [0.5, 0.6) is 0 Å². The molecule has 0 bridgehead atoms. The van der Waals surface area contributed by atoms with E-state index in [0.29, 0.717) is 20.1 Å². The van der Waals surface area contributed by atoms with Crippen molar-refractivity contribution in [1.29, 1.82) is 0 Å². The monoisotopic (exact) mass is 332 g/mol. The van der Waals surface area contributed by atoms with Gasteiger partial charge in [-0.3, -0.25) is 0 Å². The molecule has 0 saturated heterocycles. The first-order valence-corrected chi connectivity index (χ1v) is 7.31. The van der Waals surface area contributed by atoms with Crippen LogP contribution in [-0.4, -0.2) is 0 Å². The van der Waals surface area contributed by atoms with Gasteiger partial charge in [-0.1, -0.05) is 53.3 Å². The summed E-state index contributed by atoms with van der Waals surface area (Å²) in [7, 11) is 0. The average Bonchev–Trinajstić information content (AvgIpc) is 2.33. The third kappa shape index (κ3) is 3.38. The molecule has 4 heteroatoms. The van der Waals surface area contributed by atoms with Gasteiger partial charge in [0.05, 0.1) is 0 Å². The molecule has 2 aromatic carbocycles. The molecule has 19 heavy (non-hydrogen) atoms. The number of hydrogen-bond donors (Lipinski definition) is 0. The van der Waals surface area contributed by atoms with Crippen LogP contribution in [-0.2, 0) is 0 Å².